The van der Waals surface area contributed by atoms with Gasteiger partial charge in [-0.2, -0.15) is 0 Å². The second-order valence-electron chi connectivity index (χ2n) is 6.58. The quantitative estimate of drug-likeness (QED) is 0.773. The molecule has 2 aliphatic rings. The predicted molar refractivity (Wildman–Crippen MR) is 77.2 cm³/mol. The van der Waals surface area contributed by atoms with Gasteiger partial charge < -0.3 is 11.1 Å². The van der Waals surface area contributed by atoms with E-state index in [1.54, 1.807) is 0 Å². The standard InChI is InChI=1S/C14H24N2OS/c1-13(2)7-5-6-10(13)11(17)16-14(12(15)18)8-3-4-9-14/h10H,3-9H2,1-2H3,(H2,15,18)(H,16,17). The number of carbonyl (C=O) groups excluding carboxylic acids is 1. The Morgan fingerprint density at radius 3 is 2.28 bits per heavy atom. The molecule has 0 bridgehead atoms. The molecule has 1 amide bonds. The highest BCUT2D eigenvalue weighted by atomic mass is 32.1. The molecule has 4 heteroatoms. The summed E-state index contributed by atoms with van der Waals surface area (Å²) in [4.78, 5) is 13.0. The maximum absolute atomic E-state index is 12.5. The molecule has 18 heavy (non-hydrogen) atoms. The molecule has 2 saturated carbocycles. The third-order valence-corrected chi connectivity index (χ3v) is 5.26. The number of nitrogens with one attached hydrogen (secondary N) is 1. The normalized spacial score (nSPS) is 29.1. The third-order valence-electron chi connectivity index (χ3n) is 4.86. The first kappa shape index (κ1) is 13.8. The Labute approximate surface area is 115 Å². The zero-order valence-electron chi connectivity index (χ0n) is 11.4. The SMILES string of the molecule is CC1(C)CCCC1C(=O)NC1(C(N)=S)CCCC1. The molecular formula is C14H24N2OS. The van der Waals surface area contributed by atoms with Gasteiger partial charge in [0.25, 0.3) is 0 Å². The van der Waals surface area contributed by atoms with Crippen LogP contribution in [0.1, 0.15) is 58.8 Å². The fraction of sp³-hybridized carbons (Fsp3) is 0.857. The summed E-state index contributed by atoms with van der Waals surface area (Å²) in [5, 5.41) is 3.18. The highest BCUT2D eigenvalue weighted by molar-refractivity contribution is 7.80. The van der Waals surface area contributed by atoms with Crippen molar-refractivity contribution >= 4 is 23.1 Å². The van der Waals surface area contributed by atoms with Crippen LogP contribution in [-0.4, -0.2) is 16.4 Å². The molecule has 0 aliphatic heterocycles. The molecule has 0 aromatic carbocycles. The third kappa shape index (κ3) is 2.40. The molecule has 0 radical (unpaired) electrons. The molecular weight excluding hydrogens is 244 g/mol. The van der Waals surface area contributed by atoms with Gasteiger partial charge in [-0.05, 0) is 31.1 Å². The van der Waals surface area contributed by atoms with E-state index in [-0.39, 0.29) is 17.2 Å². The molecule has 2 rings (SSSR count). The Hall–Kier alpha value is -0.640. The molecule has 2 fully saturated rings. The van der Waals surface area contributed by atoms with E-state index < -0.39 is 5.54 Å². The van der Waals surface area contributed by atoms with Crippen LogP contribution in [0, 0.1) is 11.3 Å². The van der Waals surface area contributed by atoms with Crippen molar-refractivity contribution in [1.29, 1.82) is 0 Å². The van der Waals surface area contributed by atoms with E-state index in [1.165, 1.54) is 0 Å². The topological polar surface area (TPSA) is 55.1 Å². The lowest BCUT2D eigenvalue weighted by Crippen LogP contribution is -2.56. The van der Waals surface area contributed by atoms with E-state index in [4.69, 9.17) is 18.0 Å². The molecule has 102 valence electrons. The van der Waals surface area contributed by atoms with Gasteiger partial charge in [0.1, 0.15) is 0 Å². The molecule has 3 N–H and O–H groups in total. The van der Waals surface area contributed by atoms with Gasteiger partial charge in [0.15, 0.2) is 0 Å². The lowest BCUT2D eigenvalue weighted by atomic mass is 9.80. The van der Waals surface area contributed by atoms with Crippen molar-refractivity contribution in [3.8, 4) is 0 Å². The number of amides is 1. The fourth-order valence-corrected chi connectivity index (χ4v) is 3.80. The van der Waals surface area contributed by atoms with Crippen LogP contribution in [-0.2, 0) is 4.79 Å². The summed E-state index contributed by atoms with van der Waals surface area (Å²) in [6.45, 7) is 4.37. The minimum Gasteiger partial charge on any atom is -0.391 e. The molecule has 3 nitrogen and oxygen atoms in total. The van der Waals surface area contributed by atoms with E-state index >= 15 is 0 Å². The van der Waals surface area contributed by atoms with Crippen LogP contribution >= 0.6 is 12.2 Å². The molecule has 1 atom stereocenters. The smallest absolute Gasteiger partial charge is 0.224 e. The van der Waals surface area contributed by atoms with Gasteiger partial charge in [0.2, 0.25) is 5.91 Å². The number of rotatable bonds is 3. The van der Waals surface area contributed by atoms with Gasteiger partial charge in [-0.25, -0.2) is 0 Å². The van der Waals surface area contributed by atoms with E-state index in [0.717, 1.165) is 44.9 Å². The second kappa shape index (κ2) is 4.80. The summed E-state index contributed by atoms with van der Waals surface area (Å²) < 4.78 is 0. The summed E-state index contributed by atoms with van der Waals surface area (Å²) in [6.07, 6.45) is 7.28. The number of thiocarbonyl (C=S) groups is 1. The van der Waals surface area contributed by atoms with Crippen LogP contribution in [0.5, 0.6) is 0 Å². The predicted octanol–water partition coefficient (Wildman–Crippen LogP) is 2.53. The summed E-state index contributed by atoms with van der Waals surface area (Å²) in [5.41, 5.74) is 5.58. The van der Waals surface area contributed by atoms with Crippen LogP contribution in [0.3, 0.4) is 0 Å². The molecule has 1 unspecified atom stereocenters. The van der Waals surface area contributed by atoms with Crippen LogP contribution in [0.2, 0.25) is 0 Å². The fourth-order valence-electron chi connectivity index (χ4n) is 3.55. The van der Waals surface area contributed by atoms with Crippen LogP contribution in [0.25, 0.3) is 0 Å². The number of nitrogens with two attached hydrogens (primary N) is 1. The highest BCUT2D eigenvalue weighted by Crippen LogP contribution is 2.43. The zero-order valence-corrected chi connectivity index (χ0v) is 12.2. The first-order valence-corrected chi connectivity index (χ1v) is 7.40. The average molecular weight is 268 g/mol. The minimum atomic E-state index is -0.398. The molecule has 0 aromatic rings. The first-order valence-electron chi connectivity index (χ1n) is 6.99. The van der Waals surface area contributed by atoms with Gasteiger partial charge in [0, 0.05) is 5.92 Å². The molecule has 0 saturated heterocycles. The molecule has 0 aromatic heterocycles. The largest absolute Gasteiger partial charge is 0.391 e. The lowest BCUT2D eigenvalue weighted by molar-refractivity contribution is -0.128. The maximum atomic E-state index is 12.5. The van der Waals surface area contributed by atoms with Crippen LogP contribution in [0.4, 0.5) is 0 Å². The Kier molecular flexibility index (Phi) is 3.67. The van der Waals surface area contributed by atoms with E-state index in [2.05, 4.69) is 19.2 Å². The maximum Gasteiger partial charge on any atom is 0.224 e. The minimum absolute atomic E-state index is 0.111. The van der Waals surface area contributed by atoms with Crippen molar-refractivity contribution in [3.63, 3.8) is 0 Å². The summed E-state index contributed by atoms with van der Waals surface area (Å²) in [6, 6.07) is 0. The van der Waals surface area contributed by atoms with Crippen LogP contribution < -0.4 is 11.1 Å². The number of hydrogen-bond acceptors (Lipinski definition) is 2. The van der Waals surface area contributed by atoms with E-state index in [0.29, 0.717) is 4.99 Å². The number of carbonyl (C=O) groups is 1. The van der Waals surface area contributed by atoms with Gasteiger partial charge in [-0.1, -0.05) is 45.3 Å². The van der Waals surface area contributed by atoms with E-state index in [1.807, 2.05) is 0 Å². The Morgan fingerprint density at radius 2 is 1.83 bits per heavy atom. The van der Waals surface area contributed by atoms with Crippen molar-refractivity contribution in [2.75, 3.05) is 0 Å². The molecule has 2 aliphatic carbocycles. The lowest BCUT2D eigenvalue weighted by Gasteiger charge is -2.33. The van der Waals surface area contributed by atoms with Crippen LogP contribution in [0.15, 0.2) is 0 Å². The van der Waals surface area contributed by atoms with Crippen molar-refractivity contribution in [2.45, 2.75) is 64.3 Å². The summed E-state index contributed by atoms with van der Waals surface area (Å²) in [5.74, 6) is 0.275. The summed E-state index contributed by atoms with van der Waals surface area (Å²) in [7, 11) is 0. The van der Waals surface area contributed by atoms with Crippen molar-refractivity contribution < 1.29 is 4.79 Å². The zero-order chi connectivity index (χ0) is 13.4. The summed E-state index contributed by atoms with van der Waals surface area (Å²) >= 11 is 5.18. The van der Waals surface area contributed by atoms with Gasteiger partial charge in [-0.3, -0.25) is 4.79 Å². The Bertz CT molecular complexity index is 359. The Morgan fingerprint density at radius 1 is 1.22 bits per heavy atom. The van der Waals surface area contributed by atoms with Gasteiger partial charge in [0.05, 0.1) is 10.5 Å². The van der Waals surface area contributed by atoms with Crippen molar-refractivity contribution in [3.05, 3.63) is 0 Å². The first-order chi connectivity index (χ1) is 8.37. The van der Waals surface area contributed by atoms with E-state index in [9.17, 15) is 4.79 Å². The second-order valence-corrected chi connectivity index (χ2v) is 7.02. The monoisotopic (exact) mass is 268 g/mol. The van der Waals surface area contributed by atoms with Gasteiger partial charge >= 0.3 is 0 Å². The van der Waals surface area contributed by atoms with Gasteiger partial charge in [-0.15, -0.1) is 0 Å². The highest BCUT2D eigenvalue weighted by Gasteiger charge is 2.44. The number of hydrogen-bond donors (Lipinski definition) is 2. The van der Waals surface area contributed by atoms with Crippen molar-refractivity contribution in [1.82, 2.24) is 5.32 Å². The Balaban J connectivity index is 2.08. The molecule has 0 heterocycles. The van der Waals surface area contributed by atoms with Crippen molar-refractivity contribution in [2.24, 2.45) is 17.1 Å². The average Bonchev–Trinajstić information content (AvgIpc) is 2.85. The molecule has 0 spiro atoms.